The molecule has 0 rings (SSSR count). The molecule has 0 unspecified atom stereocenters. The predicted octanol–water partition coefficient (Wildman–Crippen LogP) is 2.08. The molecular formula is C12H25NO4S. The second-order valence-electron chi connectivity index (χ2n) is 4.46. The Morgan fingerprint density at radius 3 is 1.78 bits per heavy atom. The maximum Gasteiger partial charge on any atom is 0.320 e. The van der Waals surface area contributed by atoms with Crippen molar-refractivity contribution in [3.63, 3.8) is 0 Å². The van der Waals surface area contributed by atoms with E-state index in [2.05, 4.69) is 0 Å². The number of unbranched alkanes of at least 4 members (excludes halogenated alkanes) is 4. The van der Waals surface area contributed by atoms with Gasteiger partial charge in [-0.3, -0.25) is 4.79 Å². The first-order valence-corrected chi connectivity index (χ1v) is 8.24. The lowest BCUT2D eigenvalue weighted by Crippen LogP contribution is -2.37. The second kappa shape index (κ2) is 9.33. The predicted molar refractivity (Wildman–Crippen MR) is 72.0 cm³/mol. The molecule has 0 aliphatic rings. The van der Waals surface area contributed by atoms with Gasteiger partial charge in [0, 0.05) is 13.1 Å². The molecule has 0 saturated heterocycles. The Hall–Kier alpha value is -0.620. The number of rotatable bonds is 11. The summed E-state index contributed by atoms with van der Waals surface area (Å²) in [6.07, 6.45) is 5.55. The lowest BCUT2D eigenvalue weighted by atomic mass is 10.2. The van der Waals surface area contributed by atoms with Crippen LogP contribution in [0.25, 0.3) is 0 Å². The van der Waals surface area contributed by atoms with Gasteiger partial charge in [-0.25, -0.2) is 12.7 Å². The van der Waals surface area contributed by atoms with Crippen LogP contribution in [-0.4, -0.2) is 42.6 Å². The van der Waals surface area contributed by atoms with Gasteiger partial charge in [-0.2, -0.15) is 0 Å². The molecule has 0 radical (unpaired) electrons. The van der Waals surface area contributed by atoms with E-state index in [9.17, 15) is 13.2 Å². The first-order valence-electron chi connectivity index (χ1n) is 6.63. The first-order chi connectivity index (χ1) is 8.44. The zero-order valence-corrected chi connectivity index (χ0v) is 12.2. The zero-order valence-electron chi connectivity index (χ0n) is 11.4. The van der Waals surface area contributed by atoms with Crippen LogP contribution in [0.15, 0.2) is 0 Å². The molecule has 0 saturated carbocycles. The molecule has 0 aromatic rings. The average molecular weight is 279 g/mol. The van der Waals surface area contributed by atoms with Gasteiger partial charge in [0.2, 0.25) is 10.0 Å². The van der Waals surface area contributed by atoms with E-state index >= 15 is 0 Å². The van der Waals surface area contributed by atoms with Crippen molar-refractivity contribution in [2.45, 2.75) is 52.4 Å². The Kier molecular flexibility index (Phi) is 9.01. The van der Waals surface area contributed by atoms with Crippen molar-refractivity contribution in [2.75, 3.05) is 18.8 Å². The molecule has 108 valence electrons. The molecular weight excluding hydrogens is 254 g/mol. The van der Waals surface area contributed by atoms with Crippen LogP contribution in [0.5, 0.6) is 0 Å². The van der Waals surface area contributed by atoms with Crippen molar-refractivity contribution in [3.05, 3.63) is 0 Å². The fourth-order valence-corrected chi connectivity index (χ4v) is 3.02. The smallest absolute Gasteiger partial charge is 0.320 e. The minimum Gasteiger partial charge on any atom is -0.480 e. The van der Waals surface area contributed by atoms with E-state index in [0.29, 0.717) is 13.1 Å². The van der Waals surface area contributed by atoms with Gasteiger partial charge in [0.05, 0.1) is 0 Å². The lowest BCUT2D eigenvalue weighted by molar-refractivity contribution is -0.134. The lowest BCUT2D eigenvalue weighted by Gasteiger charge is -2.21. The van der Waals surface area contributed by atoms with E-state index in [4.69, 9.17) is 5.11 Å². The molecule has 0 bridgehead atoms. The highest BCUT2D eigenvalue weighted by Gasteiger charge is 2.24. The van der Waals surface area contributed by atoms with E-state index in [1.165, 1.54) is 4.31 Å². The summed E-state index contributed by atoms with van der Waals surface area (Å²) >= 11 is 0. The summed E-state index contributed by atoms with van der Waals surface area (Å²) in [5, 5.41) is 8.64. The van der Waals surface area contributed by atoms with Crippen LogP contribution in [0.1, 0.15) is 52.4 Å². The summed E-state index contributed by atoms with van der Waals surface area (Å²) in [7, 11) is -3.65. The highest BCUT2D eigenvalue weighted by atomic mass is 32.2. The summed E-state index contributed by atoms with van der Waals surface area (Å²) in [6, 6.07) is 0. The number of carboxylic acid groups (broad SMARTS) is 1. The number of aliphatic carboxylic acids is 1. The highest BCUT2D eigenvalue weighted by molar-refractivity contribution is 7.89. The van der Waals surface area contributed by atoms with Gasteiger partial charge in [0.1, 0.15) is 0 Å². The van der Waals surface area contributed by atoms with Gasteiger partial charge in [-0.05, 0) is 12.8 Å². The number of sulfonamides is 1. The van der Waals surface area contributed by atoms with Crippen molar-refractivity contribution in [3.8, 4) is 0 Å². The number of nitrogens with zero attached hydrogens (tertiary/aromatic N) is 1. The summed E-state index contributed by atoms with van der Waals surface area (Å²) in [6.45, 7) is 4.97. The second-order valence-corrected chi connectivity index (χ2v) is 6.43. The van der Waals surface area contributed by atoms with E-state index in [0.717, 1.165) is 38.5 Å². The summed E-state index contributed by atoms with van der Waals surface area (Å²) in [4.78, 5) is 10.6. The number of carboxylic acids is 1. The van der Waals surface area contributed by atoms with E-state index in [-0.39, 0.29) is 0 Å². The molecule has 0 aromatic heterocycles. The van der Waals surface area contributed by atoms with Crippen LogP contribution in [0.2, 0.25) is 0 Å². The van der Waals surface area contributed by atoms with E-state index in [1.807, 2.05) is 13.8 Å². The third-order valence-electron chi connectivity index (χ3n) is 2.72. The van der Waals surface area contributed by atoms with Crippen LogP contribution in [0, 0.1) is 0 Å². The van der Waals surface area contributed by atoms with Crippen molar-refractivity contribution in [1.82, 2.24) is 4.31 Å². The maximum absolute atomic E-state index is 11.9. The fraction of sp³-hybridized carbons (Fsp3) is 0.917. The van der Waals surface area contributed by atoms with Crippen LogP contribution >= 0.6 is 0 Å². The molecule has 0 atom stereocenters. The summed E-state index contributed by atoms with van der Waals surface area (Å²) in [5.74, 6) is -2.09. The molecule has 1 N–H and O–H groups in total. The monoisotopic (exact) mass is 279 g/mol. The molecule has 0 amide bonds. The number of hydrogen-bond donors (Lipinski definition) is 1. The van der Waals surface area contributed by atoms with Gasteiger partial charge in [0.25, 0.3) is 0 Å². The Morgan fingerprint density at radius 2 is 1.44 bits per heavy atom. The van der Waals surface area contributed by atoms with Crippen LogP contribution < -0.4 is 0 Å². The SMILES string of the molecule is CCCCCN(CCCCC)S(=O)(=O)CC(=O)O. The minimum absolute atomic E-state index is 0.438. The van der Waals surface area contributed by atoms with Crippen molar-refractivity contribution in [1.29, 1.82) is 0 Å². The highest BCUT2D eigenvalue weighted by Crippen LogP contribution is 2.08. The minimum atomic E-state index is -3.65. The van der Waals surface area contributed by atoms with Crippen molar-refractivity contribution >= 4 is 16.0 Å². The standard InChI is InChI=1S/C12H25NO4S/c1-3-5-7-9-13(10-8-6-4-2)18(16,17)11-12(14)15/h3-11H2,1-2H3,(H,14,15). The average Bonchev–Trinajstić information content (AvgIpc) is 2.25. The molecule has 0 spiro atoms. The molecule has 0 fully saturated rings. The summed E-state index contributed by atoms with van der Waals surface area (Å²) < 4.78 is 25.1. The largest absolute Gasteiger partial charge is 0.480 e. The topological polar surface area (TPSA) is 74.7 Å². The quantitative estimate of drug-likeness (QED) is 0.588. The fourth-order valence-electron chi connectivity index (χ4n) is 1.71. The third kappa shape index (κ3) is 7.66. The molecule has 0 heterocycles. The zero-order chi connectivity index (χ0) is 14.0. The van der Waals surface area contributed by atoms with Gasteiger partial charge in [0.15, 0.2) is 5.75 Å². The van der Waals surface area contributed by atoms with Crippen LogP contribution in [0.3, 0.4) is 0 Å². The van der Waals surface area contributed by atoms with Gasteiger partial charge in [-0.15, -0.1) is 0 Å². The van der Waals surface area contributed by atoms with E-state index in [1.54, 1.807) is 0 Å². The Balaban J connectivity index is 4.46. The summed E-state index contributed by atoms with van der Waals surface area (Å²) in [5.41, 5.74) is 0. The first kappa shape index (κ1) is 17.4. The molecule has 0 aromatic carbocycles. The van der Waals surface area contributed by atoms with Gasteiger partial charge < -0.3 is 5.11 Å². The van der Waals surface area contributed by atoms with Gasteiger partial charge >= 0.3 is 5.97 Å². The van der Waals surface area contributed by atoms with Crippen LogP contribution in [0.4, 0.5) is 0 Å². The molecule has 5 nitrogen and oxygen atoms in total. The van der Waals surface area contributed by atoms with Crippen LogP contribution in [-0.2, 0) is 14.8 Å². The van der Waals surface area contributed by atoms with Gasteiger partial charge in [-0.1, -0.05) is 39.5 Å². The van der Waals surface area contributed by atoms with Crippen molar-refractivity contribution in [2.24, 2.45) is 0 Å². The molecule has 18 heavy (non-hydrogen) atoms. The van der Waals surface area contributed by atoms with E-state index < -0.39 is 21.7 Å². The normalized spacial score (nSPS) is 11.9. The third-order valence-corrected chi connectivity index (χ3v) is 4.49. The number of carbonyl (C=O) groups is 1. The Bertz CT molecular complexity index is 317. The molecule has 0 aliphatic carbocycles. The molecule has 0 aliphatic heterocycles. The number of hydrogen-bond acceptors (Lipinski definition) is 3. The molecule has 6 heteroatoms. The Labute approximate surface area is 110 Å². The maximum atomic E-state index is 11.9. The Morgan fingerprint density at radius 1 is 1.00 bits per heavy atom. The van der Waals surface area contributed by atoms with Crippen molar-refractivity contribution < 1.29 is 18.3 Å².